The number of nitrogens with zero attached hydrogens (tertiary/aromatic N) is 1. The summed E-state index contributed by atoms with van der Waals surface area (Å²) in [6.07, 6.45) is -7.76. The van der Waals surface area contributed by atoms with Crippen molar-refractivity contribution in [3.63, 3.8) is 0 Å². The molecule has 1 rings (SSSR count). The normalized spacial score (nSPS) is 38.3. The molecule has 4 N–H and O–H groups in total. The predicted octanol–water partition coefficient (Wildman–Crippen LogP) is -6.13. The van der Waals surface area contributed by atoms with Gasteiger partial charge in [-0.1, -0.05) is 0 Å². The van der Waals surface area contributed by atoms with Crippen molar-refractivity contribution in [1.82, 2.24) is 0 Å². The van der Waals surface area contributed by atoms with E-state index in [0.717, 1.165) is 0 Å². The zero-order chi connectivity index (χ0) is 10.2. The quantitative estimate of drug-likeness (QED) is 0.234. The molecule has 0 unspecified atom stereocenters. The molecule has 7 nitrogen and oxygen atoms in total. The van der Waals surface area contributed by atoms with Gasteiger partial charge in [0.25, 0.3) is 0 Å². The number of carbonyl (C=O) groups excluding carboxylic acids is 2. The van der Waals surface area contributed by atoms with Gasteiger partial charge in [-0.25, -0.2) is 0 Å². The molecular weight excluding hydrogens is 205 g/mol. The molecule has 0 saturated carbocycles. The molecule has 0 aromatic rings. The molecule has 0 radical (unpaired) electrons. The largest absolute Gasteiger partial charge is 1.00 e. The van der Waals surface area contributed by atoms with Gasteiger partial charge < -0.3 is 35.3 Å². The second-order valence-electron chi connectivity index (χ2n) is 2.66. The van der Waals surface area contributed by atoms with E-state index >= 15 is 0 Å². The van der Waals surface area contributed by atoms with E-state index in [2.05, 4.69) is 5.32 Å². The Morgan fingerprint density at radius 3 is 1.43 bits per heavy atom. The van der Waals surface area contributed by atoms with E-state index in [1.807, 2.05) is 0 Å². The van der Waals surface area contributed by atoms with Crippen molar-refractivity contribution in [1.29, 1.82) is 0 Å². The molecule has 14 heavy (non-hydrogen) atoms. The van der Waals surface area contributed by atoms with Crippen LogP contribution in [-0.2, 0) is 9.59 Å². The number of amides is 2. The van der Waals surface area contributed by atoms with Crippen LogP contribution in [0.25, 0.3) is 5.32 Å². The first-order valence-electron chi connectivity index (χ1n) is 3.47. The molecule has 74 valence electrons. The third-order valence-corrected chi connectivity index (χ3v) is 1.72. The Hall–Kier alpha value is -0.0200. The topological polar surface area (TPSA) is 129 Å². The fraction of sp³-hybridized carbons (Fsp3) is 0.667. The second kappa shape index (κ2) is 5.17. The van der Waals surface area contributed by atoms with Crippen molar-refractivity contribution in [2.24, 2.45) is 0 Å². The molecule has 0 bridgehead atoms. The zero-order valence-corrected chi connectivity index (χ0v) is 9.36. The average molecular weight is 213 g/mol. The van der Waals surface area contributed by atoms with Crippen LogP contribution >= 0.6 is 0 Å². The maximum absolute atomic E-state index is 10.7. The molecule has 8 heteroatoms. The molecule has 4 atom stereocenters. The van der Waals surface area contributed by atoms with Crippen molar-refractivity contribution in [3.05, 3.63) is 5.32 Å². The minimum atomic E-state index is -1.98. The fourth-order valence-electron chi connectivity index (χ4n) is 0.907. The number of aliphatic hydroxyl groups is 4. The SMILES string of the molecule is O=C1[N-]C(=O)[C@H](O)[C@@H](O)[C@H](O)[C@@H]1O.[Na+]. The summed E-state index contributed by atoms with van der Waals surface area (Å²) in [6.45, 7) is 0. The summed E-state index contributed by atoms with van der Waals surface area (Å²) in [5.74, 6) is -2.54. The molecular formula is C6H8NNaO6. The van der Waals surface area contributed by atoms with Gasteiger partial charge in [0.1, 0.15) is 24.4 Å². The standard InChI is InChI=1S/C6H9NO6.Na/c8-1-2(9)4(11)6(13)7-5(12)3(1)10;/h1-4,8-11H,(H,7,12,13);/q;+1/p-1/t1-,2-,3-,4+;/m0./s1. The van der Waals surface area contributed by atoms with E-state index in [9.17, 15) is 9.59 Å². The predicted molar refractivity (Wildman–Crippen MR) is 37.4 cm³/mol. The van der Waals surface area contributed by atoms with Crippen LogP contribution in [0.5, 0.6) is 0 Å². The third-order valence-electron chi connectivity index (χ3n) is 1.72. The molecule has 1 fully saturated rings. The van der Waals surface area contributed by atoms with Crippen molar-refractivity contribution in [3.8, 4) is 0 Å². The molecule has 1 heterocycles. The van der Waals surface area contributed by atoms with Crippen LogP contribution in [0.2, 0.25) is 0 Å². The smallest absolute Gasteiger partial charge is 0.591 e. The first-order valence-corrected chi connectivity index (χ1v) is 3.47. The van der Waals surface area contributed by atoms with E-state index in [1.165, 1.54) is 0 Å². The zero-order valence-electron chi connectivity index (χ0n) is 7.36. The Labute approximate surface area is 101 Å². The summed E-state index contributed by atoms with van der Waals surface area (Å²) < 4.78 is 0. The van der Waals surface area contributed by atoms with Crippen LogP contribution in [0.15, 0.2) is 0 Å². The van der Waals surface area contributed by atoms with Gasteiger partial charge in [-0.15, -0.1) is 0 Å². The van der Waals surface area contributed by atoms with Gasteiger partial charge in [0.15, 0.2) is 0 Å². The summed E-state index contributed by atoms with van der Waals surface area (Å²) >= 11 is 0. The van der Waals surface area contributed by atoms with Gasteiger partial charge in [-0.2, -0.15) is 0 Å². The van der Waals surface area contributed by atoms with Crippen molar-refractivity contribution in [2.75, 3.05) is 0 Å². The van der Waals surface area contributed by atoms with E-state index in [-0.39, 0.29) is 29.6 Å². The minimum Gasteiger partial charge on any atom is -0.591 e. The molecule has 0 spiro atoms. The van der Waals surface area contributed by atoms with Crippen molar-refractivity contribution >= 4 is 11.8 Å². The number of carbonyl (C=O) groups is 2. The van der Waals surface area contributed by atoms with Crippen LogP contribution in [0.4, 0.5) is 0 Å². The molecule has 1 aliphatic heterocycles. The van der Waals surface area contributed by atoms with Crippen LogP contribution in [0.3, 0.4) is 0 Å². The van der Waals surface area contributed by atoms with E-state index in [0.29, 0.717) is 0 Å². The number of aliphatic hydroxyl groups excluding tert-OH is 4. The van der Waals surface area contributed by atoms with Gasteiger partial charge in [-0.3, -0.25) is 0 Å². The summed E-state index contributed by atoms with van der Waals surface area (Å²) in [6, 6.07) is 0. The molecule has 0 aliphatic carbocycles. The number of imide groups is 1. The Morgan fingerprint density at radius 2 is 1.14 bits per heavy atom. The molecule has 1 saturated heterocycles. The van der Waals surface area contributed by atoms with Crippen molar-refractivity contribution < 1.29 is 59.6 Å². The first-order chi connectivity index (χ1) is 5.95. The summed E-state index contributed by atoms with van der Waals surface area (Å²) in [4.78, 5) is 21.4. The van der Waals surface area contributed by atoms with Crippen molar-refractivity contribution in [2.45, 2.75) is 24.4 Å². The summed E-state index contributed by atoms with van der Waals surface area (Å²) in [5.41, 5.74) is 0. The second-order valence-corrected chi connectivity index (χ2v) is 2.66. The Bertz CT molecular complexity index is 222. The summed E-state index contributed by atoms with van der Waals surface area (Å²) in [7, 11) is 0. The average Bonchev–Trinajstić information content (AvgIpc) is 2.15. The first kappa shape index (κ1) is 14.0. The number of rotatable bonds is 0. The molecule has 0 aromatic heterocycles. The molecule has 0 aromatic carbocycles. The molecule has 1 aliphatic rings. The minimum absolute atomic E-state index is 0. The van der Waals surface area contributed by atoms with E-state index < -0.39 is 36.2 Å². The van der Waals surface area contributed by atoms with Crippen LogP contribution < -0.4 is 29.6 Å². The number of hydrogen-bond donors (Lipinski definition) is 4. The van der Waals surface area contributed by atoms with Gasteiger partial charge in [0.2, 0.25) is 0 Å². The number of hydrogen-bond acceptors (Lipinski definition) is 6. The third kappa shape index (κ3) is 2.51. The van der Waals surface area contributed by atoms with E-state index in [4.69, 9.17) is 20.4 Å². The van der Waals surface area contributed by atoms with Crippen LogP contribution in [0.1, 0.15) is 0 Å². The summed E-state index contributed by atoms with van der Waals surface area (Å²) in [5, 5.41) is 38.6. The fourth-order valence-corrected chi connectivity index (χ4v) is 0.907. The molecule has 2 amide bonds. The van der Waals surface area contributed by atoms with E-state index in [1.54, 1.807) is 0 Å². The Morgan fingerprint density at radius 1 is 0.857 bits per heavy atom. The van der Waals surface area contributed by atoms with Gasteiger partial charge in [0.05, 0.1) is 11.8 Å². The van der Waals surface area contributed by atoms with Gasteiger partial charge in [-0.05, 0) is 0 Å². The van der Waals surface area contributed by atoms with Crippen LogP contribution in [-0.4, -0.2) is 56.7 Å². The maximum atomic E-state index is 10.7. The maximum Gasteiger partial charge on any atom is 1.00 e. The Kier molecular flexibility index (Phi) is 5.16. The Balaban J connectivity index is 0.00000169. The van der Waals surface area contributed by atoms with Gasteiger partial charge in [0, 0.05) is 0 Å². The van der Waals surface area contributed by atoms with Crippen LogP contribution in [0, 0.1) is 0 Å². The monoisotopic (exact) mass is 213 g/mol. The van der Waals surface area contributed by atoms with Gasteiger partial charge >= 0.3 is 29.6 Å².